The molecule has 152 valence electrons. The molecule has 1 N–H and O–H groups in total. The summed E-state index contributed by atoms with van der Waals surface area (Å²) in [5, 5.41) is 14.2. The highest BCUT2D eigenvalue weighted by Gasteiger charge is 2.18. The summed E-state index contributed by atoms with van der Waals surface area (Å²) in [4.78, 5) is 13.6. The zero-order valence-electron chi connectivity index (χ0n) is 16.2. The summed E-state index contributed by atoms with van der Waals surface area (Å²) in [6, 6.07) is 19.7. The Bertz CT molecular complexity index is 1110. The summed E-state index contributed by atoms with van der Waals surface area (Å²) in [7, 11) is 0. The van der Waals surface area contributed by atoms with Gasteiger partial charge >= 0.3 is 0 Å². The summed E-state index contributed by atoms with van der Waals surface area (Å²) in [5.74, 6) is 0.419. The fraction of sp³-hybridized carbons (Fsp3) is 0.136. The molecule has 0 spiro atoms. The number of aromatic nitrogens is 3. The van der Waals surface area contributed by atoms with Crippen LogP contribution < -0.4 is 5.32 Å². The van der Waals surface area contributed by atoms with Crippen LogP contribution in [0.5, 0.6) is 0 Å². The lowest BCUT2D eigenvalue weighted by molar-refractivity contribution is -0.119. The maximum atomic E-state index is 13.4. The second-order valence-electron chi connectivity index (χ2n) is 6.58. The van der Waals surface area contributed by atoms with Crippen molar-refractivity contribution in [3.8, 4) is 17.1 Å². The summed E-state index contributed by atoms with van der Waals surface area (Å²) in [6.07, 6.45) is 0. The minimum absolute atomic E-state index is 0.0418. The number of para-hydroxylation sites is 1. The van der Waals surface area contributed by atoms with Crippen LogP contribution >= 0.6 is 23.1 Å². The van der Waals surface area contributed by atoms with Crippen molar-refractivity contribution in [1.82, 2.24) is 20.1 Å². The Balaban J connectivity index is 1.56. The summed E-state index contributed by atoms with van der Waals surface area (Å²) in [5.41, 5.74) is 1.62. The first kappa shape index (κ1) is 20.3. The van der Waals surface area contributed by atoms with Gasteiger partial charge in [0.2, 0.25) is 5.91 Å². The van der Waals surface area contributed by atoms with Crippen molar-refractivity contribution in [2.45, 2.75) is 18.1 Å². The van der Waals surface area contributed by atoms with E-state index in [9.17, 15) is 9.18 Å². The van der Waals surface area contributed by atoms with Gasteiger partial charge in [-0.15, -0.1) is 21.5 Å². The molecule has 2 aromatic heterocycles. The van der Waals surface area contributed by atoms with Crippen molar-refractivity contribution >= 4 is 29.0 Å². The maximum absolute atomic E-state index is 13.4. The molecule has 4 aromatic rings. The third-order valence-corrected chi connectivity index (χ3v) is 6.41. The van der Waals surface area contributed by atoms with E-state index in [-0.39, 0.29) is 23.5 Å². The first-order valence-electron chi connectivity index (χ1n) is 9.34. The number of carbonyl (C=O) groups excluding carboxylic acids is 1. The highest BCUT2D eigenvalue weighted by molar-refractivity contribution is 7.99. The average molecular weight is 439 g/mol. The Hall–Kier alpha value is -2.97. The lowest BCUT2D eigenvalue weighted by atomic mass is 10.2. The molecular formula is C22H19FN4OS2. The number of halogens is 1. The average Bonchev–Trinajstić information content (AvgIpc) is 3.44. The number of hydrogen-bond acceptors (Lipinski definition) is 5. The SMILES string of the molecule is CC(NC(=O)CSc1nnc(-c2ccc(F)cc2)n1-c1ccccc1)c1cccs1. The summed E-state index contributed by atoms with van der Waals surface area (Å²) in [6.45, 7) is 1.97. The van der Waals surface area contributed by atoms with E-state index in [0.29, 0.717) is 11.0 Å². The van der Waals surface area contributed by atoms with Crippen LogP contribution in [0.25, 0.3) is 17.1 Å². The van der Waals surface area contributed by atoms with Crippen LogP contribution in [0, 0.1) is 5.82 Å². The van der Waals surface area contributed by atoms with Gasteiger partial charge in [0.05, 0.1) is 11.8 Å². The van der Waals surface area contributed by atoms with Gasteiger partial charge < -0.3 is 5.32 Å². The molecule has 1 amide bonds. The van der Waals surface area contributed by atoms with Gasteiger partial charge in [-0.05, 0) is 54.8 Å². The number of benzene rings is 2. The fourth-order valence-electron chi connectivity index (χ4n) is 2.98. The van der Waals surface area contributed by atoms with Crippen LogP contribution in [-0.2, 0) is 4.79 Å². The number of thiophene rings is 1. The summed E-state index contributed by atoms with van der Waals surface area (Å²) < 4.78 is 15.2. The van der Waals surface area contributed by atoms with Crippen LogP contribution in [0.3, 0.4) is 0 Å². The fourth-order valence-corrected chi connectivity index (χ4v) is 4.48. The Morgan fingerprint density at radius 3 is 2.57 bits per heavy atom. The molecule has 0 radical (unpaired) electrons. The minimum atomic E-state index is -0.310. The van der Waals surface area contributed by atoms with Crippen LogP contribution in [0.15, 0.2) is 77.3 Å². The predicted molar refractivity (Wildman–Crippen MR) is 118 cm³/mol. The topological polar surface area (TPSA) is 59.8 Å². The van der Waals surface area contributed by atoms with Gasteiger partial charge in [-0.3, -0.25) is 9.36 Å². The quantitative estimate of drug-likeness (QED) is 0.408. The van der Waals surface area contributed by atoms with Gasteiger partial charge in [0.1, 0.15) is 5.82 Å². The highest BCUT2D eigenvalue weighted by atomic mass is 32.2. The minimum Gasteiger partial charge on any atom is -0.348 e. The molecule has 0 aliphatic heterocycles. The molecule has 1 unspecified atom stereocenters. The molecule has 0 aliphatic rings. The zero-order chi connectivity index (χ0) is 20.9. The summed E-state index contributed by atoms with van der Waals surface area (Å²) >= 11 is 2.93. The monoisotopic (exact) mass is 438 g/mol. The van der Waals surface area contributed by atoms with E-state index in [1.54, 1.807) is 23.5 Å². The van der Waals surface area contributed by atoms with Gasteiger partial charge in [0.15, 0.2) is 11.0 Å². The zero-order valence-corrected chi connectivity index (χ0v) is 17.8. The highest BCUT2D eigenvalue weighted by Crippen LogP contribution is 2.28. The van der Waals surface area contributed by atoms with Gasteiger partial charge in [0.25, 0.3) is 0 Å². The van der Waals surface area contributed by atoms with Crippen LogP contribution in [0.2, 0.25) is 0 Å². The van der Waals surface area contributed by atoms with Crippen molar-refractivity contribution < 1.29 is 9.18 Å². The largest absolute Gasteiger partial charge is 0.348 e. The van der Waals surface area contributed by atoms with Gasteiger partial charge in [-0.2, -0.15) is 0 Å². The molecule has 30 heavy (non-hydrogen) atoms. The van der Waals surface area contributed by atoms with Crippen molar-refractivity contribution in [1.29, 1.82) is 0 Å². The van der Waals surface area contributed by atoms with E-state index in [1.807, 2.05) is 59.3 Å². The molecule has 1 atom stereocenters. The normalized spacial score (nSPS) is 11.9. The molecule has 0 bridgehead atoms. The van der Waals surface area contributed by atoms with E-state index in [1.165, 1.54) is 23.9 Å². The number of thioether (sulfide) groups is 1. The van der Waals surface area contributed by atoms with E-state index >= 15 is 0 Å². The first-order chi connectivity index (χ1) is 14.6. The molecule has 0 fully saturated rings. The van der Waals surface area contributed by atoms with Crippen molar-refractivity contribution in [3.63, 3.8) is 0 Å². The van der Waals surface area contributed by atoms with Gasteiger partial charge in [0, 0.05) is 16.1 Å². The number of hydrogen-bond donors (Lipinski definition) is 1. The lowest BCUT2D eigenvalue weighted by Gasteiger charge is -2.13. The first-order valence-corrected chi connectivity index (χ1v) is 11.2. The van der Waals surface area contributed by atoms with Crippen molar-refractivity contribution in [2.75, 3.05) is 5.75 Å². The van der Waals surface area contributed by atoms with Crippen LogP contribution in [0.1, 0.15) is 17.8 Å². The van der Waals surface area contributed by atoms with Crippen LogP contribution in [-0.4, -0.2) is 26.4 Å². The molecule has 0 saturated heterocycles. The second kappa shape index (κ2) is 9.23. The molecule has 5 nitrogen and oxygen atoms in total. The molecule has 8 heteroatoms. The van der Waals surface area contributed by atoms with Crippen molar-refractivity contribution in [3.05, 3.63) is 82.8 Å². The standard InChI is InChI=1S/C22H19FN4OS2/c1-15(19-8-5-13-29-19)24-20(28)14-30-22-26-25-21(16-9-11-17(23)12-10-16)27(22)18-6-3-2-4-7-18/h2-13,15H,14H2,1H3,(H,24,28). The van der Waals surface area contributed by atoms with E-state index in [4.69, 9.17) is 0 Å². The smallest absolute Gasteiger partial charge is 0.230 e. The lowest BCUT2D eigenvalue weighted by Crippen LogP contribution is -2.27. The molecule has 2 aromatic carbocycles. The van der Waals surface area contributed by atoms with E-state index < -0.39 is 0 Å². The molecule has 0 saturated carbocycles. The molecule has 0 aliphatic carbocycles. The second-order valence-corrected chi connectivity index (χ2v) is 8.50. The predicted octanol–water partition coefficient (Wildman–Crippen LogP) is 5.10. The maximum Gasteiger partial charge on any atom is 0.230 e. The van der Waals surface area contributed by atoms with Gasteiger partial charge in [-0.25, -0.2) is 4.39 Å². The Morgan fingerprint density at radius 1 is 1.10 bits per heavy atom. The number of carbonyl (C=O) groups is 1. The molecular weight excluding hydrogens is 419 g/mol. The third-order valence-electron chi connectivity index (χ3n) is 4.43. The Morgan fingerprint density at radius 2 is 1.87 bits per heavy atom. The molecule has 4 rings (SSSR count). The van der Waals surface area contributed by atoms with Crippen molar-refractivity contribution in [2.24, 2.45) is 0 Å². The Kier molecular flexibility index (Phi) is 6.25. The van der Waals surface area contributed by atoms with E-state index in [2.05, 4.69) is 15.5 Å². The number of nitrogens with zero attached hydrogens (tertiary/aromatic N) is 3. The van der Waals surface area contributed by atoms with Gasteiger partial charge in [-0.1, -0.05) is 36.0 Å². The number of nitrogens with one attached hydrogen (secondary N) is 1. The molecule has 2 heterocycles. The number of rotatable bonds is 7. The van der Waals surface area contributed by atoms with Crippen LogP contribution in [0.4, 0.5) is 4.39 Å². The number of amides is 1. The van der Waals surface area contributed by atoms with E-state index in [0.717, 1.165) is 16.1 Å². The third kappa shape index (κ3) is 4.60. The Labute approximate surface area is 182 Å².